The van der Waals surface area contributed by atoms with Crippen LogP contribution in [0.3, 0.4) is 0 Å². The second-order valence-electron chi connectivity index (χ2n) is 5.37. The van der Waals surface area contributed by atoms with E-state index in [1.54, 1.807) is 10.9 Å². The number of likely N-dealkylation sites (tertiary alicyclic amines) is 1. The molecule has 1 aliphatic rings. The molecule has 0 radical (unpaired) electrons. The standard InChI is InChI=1S/C14H20ClN5O/c1-3-21-10-4-6-20(7-5-10)9-12-17-13(15)11-8-16-19(2)14(11)18-12/h8,10H,3-7,9H2,1-2H3. The summed E-state index contributed by atoms with van der Waals surface area (Å²) in [5.41, 5.74) is 0.786. The van der Waals surface area contributed by atoms with Gasteiger partial charge in [-0.1, -0.05) is 11.6 Å². The number of piperidine rings is 1. The topological polar surface area (TPSA) is 56.1 Å². The summed E-state index contributed by atoms with van der Waals surface area (Å²) in [6.45, 7) is 5.58. The molecule has 1 aliphatic heterocycles. The molecule has 0 aromatic carbocycles. The number of halogens is 1. The summed E-state index contributed by atoms with van der Waals surface area (Å²) in [4.78, 5) is 11.3. The van der Waals surface area contributed by atoms with Gasteiger partial charge < -0.3 is 4.74 Å². The molecule has 114 valence electrons. The summed E-state index contributed by atoms with van der Waals surface area (Å²) in [5.74, 6) is 0.756. The van der Waals surface area contributed by atoms with Crippen LogP contribution in [0.5, 0.6) is 0 Å². The predicted octanol–water partition coefficient (Wildman–Crippen LogP) is 2.02. The number of ether oxygens (including phenoxy) is 1. The van der Waals surface area contributed by atoms with Crippen LogP contribution in [0, 0.1) is 0 Å². The Labute approximate surface area is 129 Å². The van der Waals surface area contributed by atoms with Gasteiger partial charge in [-0.15, -0.1) is 0 Å². The van der Waals surface area contributed by atoms with E-state index in [1.165, 1.54) is 0 Å². The maximum Gasteiger partial charge on any atom is 0.162 e. The third kappa shape index (κ3) is 3.17. The predicted molar refractivity (Wildman–Crippen MR) is 81.2 cm³/mol. The van der Waals surface area contributed by atoms with E-state index in [9.17, 15) is 0 Å². The average molecular weight is 310 g/mol. The number of aromatic nitrogens is 4. The van der Waals surface area contributed by atoms with Crippen molar-refractivity contribution >= 4 is 22.6 Å². The van der Waals surface area contributed by atoms with E-state index in [0.717, 1.165) is 55.9 Å². The Balaban J connectivity index is 1.69. The van der Waals surface area contributed by atoms with Gasteiger partial charge in [0.1, 0.15) is 11.0 Å². The highest BCUT2D eigenvalue weighted by Crippen LogP contribution is 2.21. The van der Waals surface area contributed by atoms with Crippen molar-refractivity contribution in [1.82, 2.24) is 24.6 Å². The van der Waals surface area contributed by atoms with Crippen LogP contribution in [0.25, 0.3) is 11.0 Å². The fraction of sp³-hybridized carbons (Fsp3) is 0.643. The van der Waals surface area contributed by atoms with Gasteiger partial charge in [-0.25, -0.2) is 9.97 Å². The molecular weight excluding hydrogens is 290 g/mol. The van der Waals surface area contributed by atoms with Crippen molar-refractivity contribution < 1.29 is 4.74 Å². The van der Waals surface area contributed by atoms with E-state index in [1.807, 2.05) is 14.0 Å². The SMILES string of the molecule is CCOC1CCN(Cc2nc(Cl)c3cnn(C)c3n2)CC1. The smallest absolute Gasteiger partial charge is 0.162 e. The molecule has 1 saturated heterocycles. The van der Waals surface area contributed by atoms with E-state index in [0.29, 0.717) is 11.3 Å². The molecule has 0 bridgehead atoms. The summed E-state index contributed by atoms with van der Waals surface area (Å²) in [6.07, 6.45) is 4.23. The van der Waals surface area contributed by atoms with Crippen LogP contribution >= 0.6 is 11.6 Å². The molecule has 3 heterocycles. The molecule has 2 aromatic heterocycles. The van der Waals surface area contributed by atoms with E-state index < -0.39 is 0 Å². The second-order valence-corrected chi connectivity index (χ2v) is 5.72. The van der Waals surface area contributed by atoms with Gasteiger partial charge in [-0.2, -0.15) is 5.10 Å². The zero-order valence-electron chi connectivity index (χ0n) is 12.4. The number of rotatable bonds is 4. The van der Waals surface area contributed by atoms with Crippen molar-refractivity contribution in [1.29, 1.82) is 0 Å². The number of nitrogens with zero attached hydrogens (tertiary/aromatic N) is 5. The first-order valence-corrected chi connectivity index (χ1v) is 7.73. The molecule has 0 saturated carbocycles. The number of aryl methyl sites for hydroxylation is 1. The van der Waals surface area contributed by atoms with Crippen molar-refractivity contribution in [3.8, 4) is 0 Å². The minimum Gasteiger partial charge on any atom is -0.378 e. The number of fused-ring (bicyclic) bond motifs is 1. The van der Waals surface area contributed by atoms with Gasteiger partial charge in [0.15, 0.2) is 5.65 Å². The molecular formula is C14H20ClN5O. The van der Waals surface area contributed by atoms with Crippen LogP contribution in [-0.2, 0) is 18.3 Å². The first-order chi connectivity index (χ1) is 10.2. The Bertz CT molecular complexity index is 621. The molecule has 0 aliphatic carbocycles. The molecule has 0 spiro atoms. The lowest BCUT2D eigenvalue weighted by Gasteiger charge is -2.31. The highest BCUT2D eigenvalue weighted by atomic mass is 35.5. The van der Waals surface area contributed by atoms with Gasteiger partial charge in [-0.3, -0.25) is 9.58 Å². The minimum absolute atomic E-state index is 0.398. The molecule has 2 aromatic rings. The summed E-state index contributed by atoms with van der Waals surface area (Å²) in [5, 5.41) is 5.46. The second kappa shape index (κ2) is 6.25. The van der Waals surface area contributed by atoms with Crippen LogP contribution in [-0.4, -0.2) is 50.4 Å². The maximum absolute atomic E-state index is 6.21. The highest BCUT2D eigenvalue weighted by Gasteiger charge is 2.20. The largest absolute Gasteiger partial charge is 0.378 e. The van der Waals surface area contributed by atoms with Crippen LogP contribution in [0.2, 0.25) is 5.15 Å². The van der Waals surface area contributed by atoms with Gasteiger partial charge in [-0.05, 0) is 19.8 Å². The third-order valence-corrected chi connectivity index (χ3v) is 4.18. The Morgan fingerprint density at radius 2 is 2.10 bits per heavy atom. The Morgan fingerprint density at radius 3 is 2.81 bits per heavy atom. The van der Waals surface area contributed by atoms with E-state index in [2.05, 4.69) is 20.0 Å². The lowest BCUT2D eigenvalue weighted by Crippen LogP contribution is -2.37. The normalized spacial score (nSPS) is 17.7. The fourth-order valence-corrected chi connectivity index (χ4v) is 3.00. The maximum atomic E-state index is 6.21. The van der Waals surface area contributed by atoms with Crippen molar-refractivity contribution in [3.05, 3.63) is 17.2 Å². The molecule has 0 unspecified atom stereocenters. The van der Waals surface area contributed by atoms with Gasteiger partial charge >= 0.3 is 0 Å². The lowest BCUT2D eigenvalue weighted by atomic mass is 10.1. The molecule has 21 heavy (non-hydrogen) atoms. The summed E-state index contributed by atoms with van der Waals surface area (Å²) in [6, 6.07) is 0. The van der Waals surface area contributed by atoms with Crippen molar-refractivity contribution in [2.75, 3.05) is 19.7 Å². The Morgan fingerprint density at radius 1 is 1.33 bits per heavy atom. The molecule has 6 nitrogen and oxygen atoms in total. The van der Waals surface area contributed by atoms with Crippen molar-refractivity contribution in [2.24, 2.45) is 7.05 Å². The lowest BCUT2D eigenvalue weighted by molar-refractivity contribution is 0.0120. The monoisotopic (exact) mass is 309 g/mol. The zero-order valence-corrected chi connectivity index (χ0v) is 13.2. The molecule has 0 N–H and O–H groups in total. The quantitative estimate of drug-likeness (QED) is 0.809. The van der Waals surface area contributed by atoms with Crippen LogP contribution in [0.4, 0.5) is 0 Å². The summed E-state index contributed by atoms with van der Waals surface area (Å²) >= 11 is 6.21. The van der Waals surface area contributed by atoms with Gasteiger partial charge in [0.25, 0.3) is 0 Å². The summed E-state index contributed by atoms with van der Waals surface area (Å²) < 4.78 is 7.40. The first-order valence-electron chi connectivity index (χ1n) is 7.35. The first kappa shape index (κ1) is 14.7. The van der Waals surface area contributed by atoms with E-state index >= 15 is 0 Å². The van der Waals surface area contributed by atoms with Crippen LogP contribution in [0.1, 0.15) is 25.6 Å². The van der Waals surface area contributed by atoms with Crippen molar-refractivity contribution in [3.63, 3.8) is 0 Å². The molecule has 0 amide bonds. The molecule has 7 heteroatoms. The third-order valence-electron chi connectivity index (χ3n) is 3.89. The zero-order chi connectivity index (χ0) is 14.8. The highest BCUT2D eigenvalue weighted by molar-refractivity contribution is 6.33. The number of hydrogen-bond donors (Lipinski definition) is 0. The molecule has 0 atom stereocenters. The molecule has 3 rings (SSSR count). The van der Waals surface area contributed by atoms with Gasteiger partial charge in [0, 0.05) is 26.7 Å². The minimum atomic E-state index is 0.398. The van der Waals surface area contributed by atoms with E-state index in [4.69, 9.17) is 16.3 Å². The Hall–Kier alpha value is -1.24. The summed E-state index contributed by atoms with van der Waals surface area (Å²) in [7, 11) is 1.86. The van der Waals surface area contributed by atoms with Gasteiger partial charge in [0.2, 0.25) is 0 Å². The Kier molecular flexibility index (Phi) is 4.37. The van der Waals surface area contributed by atoms with Crippen molar-refractivity contribution in [2.45, 2.75) is 32.4 Å². The number of hydrogen-bond acceptors (Lipinski definition) is 5. The fourth-order valence-electron chi connectivity index (χ4n) is 2.77. The van der Waals surface area contributed by atoms with Gasteiger partial charge in [0.05, 0.1) is 24.2 Å². The van der Waals surface area contributed by atoms with Crippen LogP contribution < -0.4 is 0 Å². The van der Waals surface area contributed by atoms with E-state index in [-0.39, 0.29) is 0 Å². The molecule has 1 fully saturated rings. The van der Waals surface area contributed by atoms with Crippen LogP contribution in [0.15, 0.2) is 6.20 Å². The average Bonchev–Trinajstić information content (AvgIpc) is 2.84.